The highest BCUT2D eigenvalue weighted by Crippen LogP contribution is 2.22. The molecule has 0 aromatic heterocycles. The number of benzene rings is 1. The number of fused-ring (bicyclic) bond motifs is 1. The first-order chi connectivity index (χ1) is 8.20. The second-order valence-electron chi connectivity index (χ2n) is 4.80. The van der Waals surface area contributed by atoms with E-state index in [2.05, 4.69) is 11.4 Å². The molecule has 1 aliphatic rings. The molecule has 1 aliphatic carbocycles. The molecule has 0 fully saturated rings. The fourth-order valence-electron chi connectivity index (χ4n) is 2.24. The normalized spacial score (nSPS) is 15.2. The van der Waals surface area contributed by atoms with E-state index in [1.807, 2.05) is 19.1 Å². The van der Waals surface area contributed by atoms with Gasteiger partial charge in [-0.3, -0.25) is 4.79 Å². The van der Waals surface area contributed by atoms with Crippen LogP contribution in [0.15, 0.2) is 18.2 Å². The number of halogens is 1. The predicted molar refractivity (Wildman–Crippen MR) is 76.3 cm³/mol. The molecule has 1 atom stereocenters. The van der Waals surface area contributed by atoms with Gasteiger partial charge < -0.3 is 11.1 Å². The molecule has 1 aromatic rings. The van der Waals surface area contributed by atoms with Crippen LogP contribution in [-0.4, -0.2) is 18.5 Å². The van der Waals surface area contributed by atoms with Crippen molar-refractivity contribution in [2.24, 2.45) is 5.73 Å². The van der Waals surface area contributed by atoms with Crippen LogP contribution in [0.1, 0.15) is 41.3 Å². The predicted octanol–water partition coefficient (Wildman–Crippen LogP) is 2.06. The topological polar surface area (TPSA) is 55.1 Å². The molecule has 3 N–H and O–H groups in total. The highest BCUT2D eigenvalue weighted by Gasteiger charge is 2.13. The second-order valence-corrected chi connectivity index (χ2v) is 4.80. The van der Waals surface area contributed by atoms with E-state index >= 15 is 0 Å². The number of carbonyl (C=O) groups is 1. The third kappa shape index (κ3) is 3.47. The fraction of sp³-hybridized carbons (Fsp3) is 0.500. The summed E-state index contributed by atoms with van der Waals surface area (Å²) in [5.41, 5.74) is 8.99. The molecule has 100 valence electrons. The molecule has 0 saturated heterocycles. The second kappa shape index (κ2) is 6.76. The molecular weight excluding hydrogens is 248 g/mol. The summed E-state index contributed by atoms with van der Waals surface area (Å²) in [5, 5.41) is 2.89. The van der Waals surface area contributed by atoms with Crippen LogP contribution in [0.4, 0.5) is 0 Å². The van der Waals surface area contributed by atoms with Crippen molar-refractivity contribution in [2.45, 2.75) is 38.6 Å². The molecule has 1 aromatic carbocycles. The molecule has 0 heterocycles. The number of nitrogens with two attached hydrogens (primary N) is 1. The van der Waals surface area contributed by atoms with E-state index in [9.17, 15) is 4.79 Å². The number of hydrogen-bond donors (Lipinski definition) is 2. The van der Waals surface area contributed by atoms with Gasteiger partial charge in [-0.15, -0.1) is 12.4 Å². The third-order valence-corrected chi connectivity index (χ3v) is 3.34. The van der Waals surface area contributed by atoms with Crippen molar-refractivity contribution in [3.63, 3.8) is 0 Å². The number of hydrogen-bond acceptors (Lipinski definition) is 2. The summed E-state index contributed by atoms with van der Waals surface area (Å²) < 4.78 is 0. The maximum Gasteiger partial charge on any atom is 0.251 e. The Bertz CT molecular complexity index is 420. The van der Waals surface area contributed by atoms with Crippen LogP contribution in [0.3, 0.4) is 0 Å². The van der Waals surface area contributed by atoms with Crippen molar-refractivity contribution in [3.05, 3.63) is 34.9 Å². The molecule has 3 nitrogen and oxygen atoms in total. The molecule has 4 heteroatoms. The third-order valence-electron chi connectivity index (χ3n) is 3.34. The lowest BCUT2D eigenvalue weighted by Gasteiger charge is -2.17. The van der Waals surface area contributed by atoms with Crippen LogP contribution < -0.4 is 11.1 Å². The van der Waals surface area contributed by atoms with Crippen molar-refractivity contribution in [3.8, 4) is 0 Å². The van der Waals surface area contributed by atoms with Crippen molar-refractivity contribution in [2.75, 3.05) is 6.54 Å². The van der Waals surface area contributed by atoms with Gasteiger partial charge >= 0.3 is 0 Å². The minimum atomic E-state index is -0.0173. The Labute approximate surface area is 115 Å². The lowest BCUT2D eigenvalue weighted by molar-refractivity contribution is 0.0941. The Morgan fingerprint density at radius 2 is 2.00 bits per heavy atom. The van der Waals surface area contributed by atoms with Crippen LogP contribution in [0.25, 0.3) is 0 Å². The molecule has 0 aliphatic heterocycles. The quantitative estimate of drug-likeness (QED) is 0.882. The number of rotatable bonds is 3. The summed E-state index contributed by atoms with van der Waals surface area (Å²) in [6, 6.07) is 6.07. The van der Waals surface area contributed by atoms with Gasteiger partial charge in [0.25, 0.3) is 5.91 Å². The number of amides is 1. The number of nitrogens with one attached hydrogen (secondary N) is 1. The zero-order valence-corrected chi connectivity index (χ0v) is 11.6. The maximum atomic E-state index is 11.9. The Kier molecular flexibility index (Phi) is 5.63. The maximum absolute atomic E-state index is 11.9. The molecule has 18 heavy (non-hydrogen) atoms. The molecule has 0 unspecified atom stereocenters. The van der Waals surface area contributed by atoms with Gasteiger partial charge in [0, 0.05) is 18.2 Å². The molecule has 1 amide bonds. The summed E-state index contributed by atoms with van der Waals surface area (Å²) in [6.07, 6.45) is 4.75. The standard InChI is InChI=1S/C14H20N2O.ClH/c1-10(9-15)16-14(17)13-7-6-11-4-2-3-5-12(11)8-13;/h6-8,10H,2-5,9,15H2,1H3,(H,16,17);1H/t10-;/m0./s1. The monoisotopic (exact) mass is 268 g/mol. The Hall–Kier alpha value is -1.06. The van der Waals surface area contributed by atoms with E-state index in [4.69, 9.17) is 5.73 Å². The summed E-state index contributed by atoms with van der Waals surface area (Å²) >= 11 is 0. The molecular formula is C14H21ClN2O. The molecule has 0 spiro atoms. The number of carbonyl (C=O) groups excluding carboxylic acids is 1. The summed E-state index contributed by atoms with van der Waals surface area (Å²) in [7, 11) is 0. The molecule has 0 radical (unpaired) electrons. The van der Waals surface area contributed by atoms with E-state index in [0.29, 0.717) is 6.54 Å². The Morgan fingerprint density at radius 3 is 2.67 bits per heavy atom. The van der Waals surface area contributed by atoms with Gasteiger partial charge in [0.1, 0.15) is 0 Å². The van der Waals surface area contributed by atoms with Gasteiger partial charge in [-0.05, 0) is 55.9 Å². The van der Waals surface area contributed by atoms with Gasteiger partial charge in [-0.25, -0.2) is 0 Å². The summed E-state index contributed by atoms with van der Waals surface area (Å²) in [6.45, 7) is 2.38. The Morgan fingerprint density at radius 1 is 1.33 bits per heavy atom. The molecule has 0 bridgehead atoms. The van der Waals surface area contributed by atoms with E-state index in [1.54, 1.807) is 0 Å². The van der Waals surface area contributed by atoms with Crippen LogP contribution in [-0.2, 0) is 12.8 Å². The average molecular weight is 269 g/mol. The number of aryl methyl sites for hydroxylation is 2. The smallest absolute Gasteiger partial charge is 0.251 e. The van der Waals surface area contributed by atoms with E-state index in [-0.39, 0.29) is 24.4 Å². The van der Waals surface area contributed by atoms with Crippen LogP contribution in [0, 0.1) is 0 Å². The van der Waals surface area contributed by atoms with Gasteiger partial charge in [0.15, 0.2) is 0 Å². The first-order valence-electron chi connectivity index (χ1n) is 6.33. The highest BCUT2D eigenvalue weighted by atomic mass is 35.5. The zero-order valence-electron chi connectivity index (χ0n) is 10.7. The van der Waals surface area contributed by atoms with Gasteiger partial charge in [0.2, 0.25) is 0 Å². The lowest BCUT2D eigenvalue weighted by atomic mass is 9.90. The molecule has 0 saturated carbocycles. The van der Waals surface area contributed by atoms with Gasteiger partial charge in [0.05, 0.1) is 0 Å². The van der Waals surface area contributed by atoms with Crippen LogP contribution in [0.5, 0.6) is 0 Å². The van der Waals surface area contributed by atoms with Crippen molar-refractivity contribution in [1.29, 1.82) is 0 Å². The van der Waals surface area contributed by atoms with Gasteiger partial charge in [-0.2, -0.15) is 0 Å². The van der Waals surface area contributed by atoms with Crippen LogP contribution in [0.2, 0.25) is 0 Å². The van der Waals surface area contributed by atoms with E-state index in [0.717, 1.165) is 18.4 Å². The van der Waals surface area contributed by atoms with Crippen molar-refractivity contribution >= 4 is 18.3 Å². The van der Waals surface area contributed by atoms with Crippen molar-refractivity contribution in [1.82, 2.24) is 5.32 Å². The minimum Gasteiger partial charge on any atom is -0.348 e. The first kappa shape index (κ1) is 15.0. The SMILES string of the molecule is C[C@@H](CN)NC(=O)c1ccc2c(c1)CCCC2.Cl. The average Bonchev–Trinajstić information content (AvgIpc) is 2.38. The summed E-state index contributed by atoms with van der Waals surface area (Å²) in [4.78, 5) is 11.9. The molecule has 2 rings (SSSR count). The fourth-order valence-corrected chi connectivity index (χ4v) is 2.24. The lowest BCUT2D eigenvalue weighted by Crippen LogP contribution is -2.37. The minimum absolute atomic E-state index is 0. The van der Waals surface area contributed by atoms with E-state index in [1.165, 1.54) is 24.0 Å². The zero-order chi connectivity index (χ0) is 12.3. The largest absolute Gasteiger partial charge is 0.348 e. The highest BCUT2D eigenvalue weighted by molar-refractivity contribution is 5.94. The Balaban J connectivity index is 0.00000162. The first-order valence-corrected chi connectivity index (χ1v) is 6.33. The van der Waals surface area contributed by atoms with Gasteiger partial charge in [-0.1, -0.05) is 6.07 Å². The van der Waals surface area contributed by atoms with E-state index < -0.39 is 0 Å². The van der Waals surface area contributed by atoms with Crippen molar-refractivity contribution < 1.29 is 4.79 Å². The summed E-state index contributed by atoms with van der Waals surface area (Å²) in [5.74, 6) is -0.0173. The van der Waals surface area contributed by atoms with Crippen LogP contribution >= 0.6 is 12.4 Å².